The molecule has 0 radical (unpaired) electrons. The van der Waals surface area contributed by atoms with Crippen molar-refractivity contribution in [3.8, 4) is 5.82 Å². The maximum Gasteiger partial charge on any atom is 0.410 e. The lowest BCUT2D eigenvalue weighted by molar-refractivity contribution is 0.0130. The summed E-state index contributed by atoms with van der Waals surface area (Å²) >= 11 is 0. The zero-order valence-corrected chi connectivity index (χ0v) is 18.9. The van der Waals surface area contributed by atoms with Crippen molar-refractivity contribution in [2.24, 2.45) is 5.92 Å². The van der Waals surface area contributed by atoms with E-state index in [9.17, 15) is 4.79 Å². The number of carbonyl (C=O) groups excluding carboxylic acids is 1. The van der Waals surface area contributed by atoms with E-state index in [1.807, 2.05) is 42.5 Å². The predicted octanol–water partition coefficient (Wildman–Crippen LogP) is 3.04. The fraction of sp³-hybridized carbons (Fsp3) is 0.609. The molecule has 2 fully saturated rings. The molecule has 4 heterocycles. The van der Waals surface area contributed by atoms with Crippen LogP contribution in [0.4, 0.5) is 10.6 Å². The number of piperazine rings is 1. The van der Waals surface area contributed by atoms with Crippen LogP contribution in [0.15, 0.2) is 36.9 Å². The second-order valence-electron chi connectivity index (χ2n) is 9.52. The summed E-state index contributed by atoms with van der Waals surface area (Å²) in [5.41, 5.74) is -0.435. The molecule has 2 aromatic rings. The van der Waals surface area contributed by atoms with Gasteiger partial charge in [-0.1, -0.05) is 6.07 Å². The Hall–Kier alpha value is -2.61. The average Bonchev–Trinajstić information content (AvgIpc) is 3.29. The zero-order valence-electron chi connectivity index (χ0n) is 18.9. The molecule has 2 aliphatic rings. The number of pyridine rings is 1. The van der Waals surface area contributed by atoms with E-state index in [1.165, 1.54) is 12.8 Å². The Morgan fingerprint density at radius 1 is 1.06 bits per heavy atom. The quantitative estimate of drug-likeness (QED) is 0.749. The first-order chi connectivity index (χ1) is 14.9. The Morgan fingerprint density at radius 3 is 2.42 bits per heavy atom. The molecule has 0 unspecified atom stereocenters. The number of carbonyl (C=O) groups is 1. The van der Waals surface area contributed by atoms with Gasteiger partial charge in [-0.2, -0.15) is 0 Å². The number of amides is 1. The Kier molecular flexibility index (Phi) is 6.46. The highest BCUT2D eigenvalue weighted by Crippen LogP contribution is 2.24. The van der Waals surface area contributed by atoms with E-state index in [1.54, 1.807) is 12.5 Å². The minimum Gasteiger partial charge on any atom is -0.444 e. The Labute approximate surface area is 184 Å². The summed E-state index contributed by atoms with van der Waals surface area (Å²) in [5.74, 6) is 2.64. The number of hydrogen-bond donors (Lipinski definition) is 0. The minimum atomic E-state index is -0.435. The molecule has 168 valence electrons. The van der Waals surface area contributed by atoms with Gasteiger partial charge >= 0.3 is 6.09 Å². The molecular weight excluding hydrogens is 392 g/mol. The SMILES string of the molecule is CC(C)(C)OC(=O)N1CCN(CC2CCN(c3cccc(-n4ccnc4)n3)CC2)CC1. The average molecular weight is 427 g/mol. The number of ether oxygens (including phenoxy) is 1. The topological polar surface area (TPSA) is 66.7 Å². The summed E-state index contributed by atoms with van der Waals surface area (Å²) in [6.45, 7) is 12.3. The molecule has 0 N–H and O–H groups in total. The lowest BCUT2D eigenvalue weighted by atomic mass is 9.96. The molecule has 8 heteroatoms. The van der Waals surface area contributed by atoms with Crippen molar-refractivity contribution < 1.29 is 9.53 Å². The van der Waals surface area contributed by atoms with Gasteiger partial charge in [0.15, 0.2) is 0 Å². The van der Waals surface area contributed by atoms with Crippen LogP contribution in [0.5, 0.6) is 0 Å². The number of aromatic nitrogens is 3. The lowest BCUT2D eigenvalue weighted by Crippen LogP contribution is -2.51. The molecule has 0 atom stereocenters. The predicted molar refractivity (Wildman–Crippen MR) is 121 cm³/mol. The van der Waals surface area contributed by atoms with E-state index in [2.05, 4.69) is 26.9 Å². The minimum absolute atomic E-state index is 0.189. The molecule has 2 saturated heterocycles. The van der Waals surface area contributed by atoms with Gasteiger partial charge in [-0.3, -0.25) is 9.47 Å². The summed E-state index contributed by atoms with van der Waals surface area (Å²) in [4.78, 5) is 27.9. The van der Waals surface area contributed by atoms with Crippen molar-refractivity contribution in [1.82, 2.24) is 24.3 Å². The summed E-state index contributed by atoms with van der Waals surface area (Å²) in [6.07, 6.45) is 7.62. The Balaban J connectivity index is 1.23. The van der Waals surface area contributed by atoms with Crippen LogP contribution >= 0.6 is 0 Å². The van der Waals surface area contributed by atoms with Crippen molar-refractivity contribution in [2.75, 3.05) is 50.7 Å². The Morgan fingerprint density at radius 2 is 1.77 bits per heavy atom. The van der Waals surface area contributed by atoms with E-state index in [-0.39, 0.29) is 6.09 Å². The summed E-state index contributed by atoms with van der Waals surface area (Å²) in [6, 6.07) is 6.17. The van der Waals surface area contributed by atoms with E-state index in [0.717, 1.165) is 57.4 Å². The van der Waals surface area contributed by atoms with Gasteiger partial charge in [-0.15, -0.1) is 0 Å². The number of rotatable bonds is 4. The molecule has 0 aliphatic carbocycles. The monoisotopic (exact) mass is 426 g/mol. The molecule has 0 saturated carbocycles. The van der Waals surface area contributed by atoms with Gasteiger partial charge in [-0.25, -0.2) is 14.8 Å². The summed E-state index contributed by atoms with van der Waals surface area (Å²) < 4.78 is 7.44. The highest BCUT2D eigenvalue weighted by atomic mass is 16.6. The van der Waals surface area contributed by atoms with Crippen molar-refractivity contribution in [3.63, 3.8) is 0 Å². The largest absolute Gasteiger partial charge is 0.444 e. The number of hydrogen-bond acceptors (Lipinski definition) is 6. The molecular formula is C23H34N6O2. The standard InChI is InChI=1S/C23H34N6O2/c1-23(2,3)31-22(30)28-15-13-26(14-16-28)17-19-7-10-27(11-8-19)20-5-4-6-21(25-20)29-12-9-24-18-29/h4-6,9,12,18-19H,7-8,10-11,13-17H2,1-3H3. The van der Waals surface area contributed by atoms with Crippen LogP contribution in [0.2, 0.25) is 0 Å². The first-order valence-corrected chi connectivity index (χ1v) is 11.3. The van der Waals surface area contributed by atoms with Crippen LogP contribution in [-0.2, 0) is 4.74 Å². The van der Waals surface area contributed by atoms with Gasteiger partial charge in [0.05, 0.1) is 0 Å². The van der Waals surface area contributed by atoms with Crippen molar-refractivity contribution in [3.05, 3.63) is 36.9 Å². The maximum absolute atomic E-state index is 12.2. The number of anilines is 1. The van der Waals surface area contributed by atoms with E-state index in [0.29, 0.717) is 5.92 Å². The van der Waals surface area contributed by atoms with Gasteiger partial charge in [0.25, 0.3) is 0 Å². The molecule has 0 spiro atoms. The van der Waals surface area contributed by atoms with Gasteiger partial charge in [0.1, 0.15) is 23.6 Å². The summed E-state index contributed by atoms with van der Waals surface area (Å²) in [7, 11) is 0. The molecule has 2 aliphatic heterocycles. The van der Waals surface area contributed by atoms with Gasteiger partial charge in [0.2, 0.25) is 0 Å². The third-order valence-corrected chi connectivity index (χ3v) is 5.97. The second-order valence-corrected chi connectivity index (χ2v) is 9.52. The highest BCUT2D eigenvalue weighted by Gasteiger charge is 2.28. The van der Waals surface area contributed by atoms with Crippen LogP contribution < -0.4 is 4.90 Å². The summed E-state index contributed by atoms with van der Waals surface area (Å²) in [5, 5.41) is 0. The fourth-order valence-corrected chi connectivity index (χ4v) is 4.28. The first-order valence-electron chi connectivity index (χ1n) is 11.3. The van der Waals surface area contributed by atoms with Crippen LogP contribution in [0.1, 0.15) is 33.6 Å². The normalized spacial score (nSPS) is 18.9. The zero-order chi connectivity index (χ0) is 21.8. The molecule has 8 nitrogen and oxygen atoms in total. The Bertz CT molecular complexity index is 847. The van der Waals surface area contributed by atoms with Crippen LogP contribution in [-0.4, -0.2) is 81.8 Å². The fourth-order valence-electron chi connectivity index (χ4n) is 4.28. The molecule has 2 aromatic heterocycles. The first kappa shape index (κ1) is 21.6. The lowest BCUT2D eigenvalue weighted by Gasteiger charge is -2.39. The number of imidazole rings is 1. The molecule has 4 rings (SSSR count). The number of piperidine rings is 1. The molecule has 1 amide bonds. The van der Waals surface area contributed by atoms with E-state index in [4.69, 9.17) is 9.72 Å². The second kappa shape index (κ2) is 9.26. The molecule has 31 heavy (non-hydrogen) atoms. The highest BCUT2D eigenvalue weighted by molar-refractivity contribution is 5.68. The van der Waals surface area contributed by atoms with Gasteiger partial charge in [0, 0.05) is 58.2 Å². The third-order valence-electron chi connectivity index (χ3n) is 5.97. The van der Waals surface area contributed by atoms with E-state index < -0.39 is 5.60 Å². The third kappa shape index (κ3) is 5.76. The van der Waals surface area contributed by atoms with Gasteiger partial charge in [-0.05, 0) is 51.7 Å². The van der Waals surface area contributed by atoms with E-state index >= 15 is 0 Å². The van der Waals surface area contributed by atoms with Crippen molar-refractivity contribution in [2.45, 2.75) is 39.2 Å². The van der Waals surface area contributed by atoms with Crippen molar-refractivity contribution in [1.29, 1.82) is 0 Å². The van der Waals surface area contributed by atoms with Crippen LogP contribution in [0.25, 0.3) is 5.82 Å². The van der Waals surface area contributed by atoms with Crippen LogP contribution in [0, 0.1) is 5.92 Å². The molecule has 0 bridgehead atoms. The van der Waals surface area contributed by atoms with Crippen LogP contribution in [0.3, 0.4) is 0 Å². The smallest absolute Gasteiger partial charge is 0.410 e. The van der Waals surface area contributed by atoms with Gasteiger partial charge < -0.3 is 14.5 Å². The maximum atomic E-state index is 12.2. The molecule has 0 aromatic carbocycles. The number of nitrogens with zero attached hydrogens (tertiary/aromatic N) is 6. The van der Waals surface area contributed by atoms with Crippen molar-refractivity contribution >= 4 is 11.9 Å².